The van der Waals surface area contributed by atoms with Gasteiger partial charge in [0.05, 0.1) is 6.07 Å². The Bertz CT molecular complexity index is 660. The Morgan fingerprint density at radius 2 is 2.08 bits per heavy atom. The second-order valence-corrected chi connectivity index (χ2v) is 8.53. The number of benzene rings is 1. The van der Waals surface area contributed by atoms with Crippen molar-refractivity contribution >= 4 is 19.4 Å². The molecular formula is C20H27NO2P+. The molecule has 1 fully saturated rings. The standard InChI is InChI=1S/C20H27NO2P/c1-14(2)19-8-7-15(3)12-20(19)23-24(22)18-11-16(4)10-17(13-18)6-5-9-21/h5-6,10-11,13-15,19-20H,7-8,12H2,1-4H3/q+1. The van der Waals surface area contributed by atoms with Gasteiger partial charge in [-0.05, 0) is 65.4 Å². The monoisotopic (exact) mass is 344 g/mol. The fourth-order valence-corrected chi connectivity index (χ4v) is 4.72. The van der Waals surface area contributed by atoms with Gasteiger partial charge in [-0.2, -0.15) is 5.26 Å². The molecular weight excluding hydrogens is 317 g/mol. The summed E-state index contributed by atoms with van der Waals surface area (Å²) in [6.45, 7) is 8.66. The quantitative estimate of drug-likeness (QED) is 0.532. The predicted octanol–water partition coefficient (Wildman–Crippen LogP) is 5.38. The molecule has 0 heterocycles. The highest BCUT2D eigenvalue weighted by Gasteiger charge is 2.38. The highest BCUT2D eigenvalue weighted by molar-refractivity contribution is 7.48. The Hall–Kier alpha value is -1.49. The van der Waals surface area contributed by atoms with E-state index in [0.717, 1.165) is 24.0 Å². The molecule has 0 spiro atoms. The van der Waals surface area contributed by atoms with Gasteiger partial charge in [0.1, 0.15) is 6.10 Å². The lowest BCUT2D eigenvalue weighted by Crippen LogP contribution is -2.33. The van der Waals surface area contributed by atoms with Crippen LogP contribution in [0.15, 0.2) is 24.3 Å². The van der Waals surface area contributed by atoms with Gasteiger partial charge in [0.25, 0.3) is 0 Å². The van der Waals surface area contributed by atoms with Crippen LogP contribution in [0.3, 0.4) is 0 Å². The van der Waals surface area contributed by atoms with E-state index in [4.69, 9.17) is 9.79 Å². The molecule has 0 N–H and O–H groups in total. The smallest absolute Gasteiger partial charge is 0.193 e. The van der Waals surface area contributed by atoms with Gasteiger partial charge in [-0.3, -0.25) is 0 Å². The van der Waals surface area contributed by atoms with E-state index in [1.807, 2.05) is 31.2 Å². The number of aryl methyl sites for hydroxylation is 1. The molecule has 1 aromatic rings. The normalized spacial score (nSPS) is 25.0. The van der Waals surface area contributed by atoms with E-state index in [0.29, 0.717) is 23.1 Å². The molecule has 4 heteroatoms. The van der Waals surface area contributed by atoms with Crippen LogP contribution in [0.2, 0.25) is 0 Å². The summed E-state index contributed by atoms with van der Waals surface area (Å²) in [4.78, 5) is 0. The summed E-state index contributed by atoms with van der Waals surface area (Å²) < 4.78 is 18.9. The van der Waals surface area contributed by atoms with Gasteiger partial charge in [-0.15, -0.1) is 4.52 Å². The fraction of sp³-hybridized carbons (Fsp3) is 0.550. The average Bonchev–Trinajstić information content (AvgIpc) is 2.52. The zero-order valence-electron chi connectivity index (χ0n) is 15.0. The first-order valence-electron chi connectivity index (χ1n) is 8.72. The first-order chi connectivity index (χ1) is 11.4. The highest BCUT2D eigenvalue weighted by Crippen LogP contribution is 2.40. The first kappa shape index (κ1) is 18.8. The summed E-state index contributed by atoms with van der Waals surface area (Å²) >= 11 is 0. The van der Waals surface area contributed by atoms with Crippen molar-refractivity contribution < 1.29 is 9.09 Å². The SMILES string of the molecule is Cc1cc(C=CC#N)cc([P+](=O)OC2CC(C)CCC2C(C)C)c1. The van der Waals surface area contributed by atoms with E-state index < -0.39 is 8.03 Å². The van der Waals surface area contributed by atoms with E-state index in [2.05, 4.69) is 20.8 Å². The van der Waals surface area contributed by atoms with Crippen LogP contribution >= 0.6 is 8.03 Å². The third-order valence-electron chi connectivity index (χ3n) is 4.84. The minimum absolute atomic E-state index is 0.0657. The van der Waals surface area contributed by atoms with Gasteiger partial charge >= 0.3 is 8.03 Å². The number of hydrogen-bond acceptors (Lipinski definition) is 3. The van der Waals surface area contributed by atoms with Gasteiger partial charge in [0.2, 0.25) is 5.30 Å². The van der Waals surface area contributed by atoms with Crippen LogP contribution in [0.25, 0.3) is 6.08 Å². The maximum Gasteiger partial charge on any atom is 0.549 e. The molecule has 0 aromatic heterocycles. The minimum Gasteiger partial charge on any atom is -0.193 e. The van der Waals surface area contributed by atoms with Crippen molar-refractivity contribution in [1.82, 2.24) is 0 Å². The van der Waals surface area contributed by atoms with Crippen LogP contribution in [0.1, 0.15) is 51.2 Å². The van der Waals surface area contributed by atoms with Gasteiger partial charge in [-0.1, -0.05) is 33.3 Å². The highest BCUT2D eigenvalue weighted by atomic mass is 31.1. The Morgan fingerprint density at radius 3 is 2.75 bits per heavy atom. The molecule has 3 nitrogen and oxygen atoms in total. The lowest BCUT2D eigenvalue weighted by atomic mass is 9.75. The summed E-state index contributed by atoms with van der Waals surface area (Å²) in [7, 11) is -1.88. The van der Waals surface area contributed by atoms with Crippen molar-refractivity contribution in [3.63, 3.8) is 0 Å². The second kappa shape index (κ2) is 8.56. The summed E-state index contributed by atoms with van der Waals surface area (Å²) in [5.41, 5.74) is 1.91. The fourth-order valence-electron chi connectivity index (χ4n) is 3.55. The molecule has 0 amide bonds. The first-order valence-corrected chi connectivity index (χ1v) is 9.90. The van der Waals surface area contributed by atoms with Crippen LogP contribution < -0.4 is 5.30 Å². The second-order valence-electron chi connectivity index (χ2n) is 7.29. The van der Waals surface area contributed by atoms with E-state index in [-0.39, 0.29) is 6.10 Å². The van der Waals surface area contributed by atoms with Crippen LogP contribution in [-0.4, -0.2) is 6.10 Å². The van der Waals surface area contributed by atoms with Crippen molar-refractivity contribution in [3.8, 4) is 6.07 Å². The molecule has 0 aliphatic heterocycles. The van der Waals surface area contributed by atoms with Crippen molar-refractivity contribution in [2.75, 3.05) is 0 Å². The Labute approximate surface area is 146 Å². The topological polar surface area (TPSA) is 50.1 Å². The summed E-state index contributed by atoms with van der Waals surface area (Å²) in [5.74, 6) is 1.64. The third kappa shape index (κ3) is 5.00. The zero-order valence-corrected chi connectivity index (χ0v) is 15.9. The van der Waals surface area contributed by atoms with E-state index in [9.17, 15) is 4.57 Å². The number of nitrogens with zero attached hydrogens (tertiary/aromatic N) is 1. The largest absolute Gasteiger partial charge is 0.549 e. The lowest BCUT2D eigenvalue weighted by Gasteiger charge is -2.33. The van der Waals surface area contributed by atoms with Crippen LogP contribution in [0, 0.1) is 36.0 Å². The lowest BCUT2D eigenvalue weighted by molar-refractivity contribution is 0.0538. The number of hydrogen-bond donors (Lipinski definition) is 0. The summed E-state index contributed by atoms with van der Waals surface area (Å²) in [5, 5.41) is 9.39. The third-order valence-corrected chi connectivity index (χ3v) is 5.98. The van der Waals surface area contributed by atoms with E-state index in [1.54, 1.807) is 6.08 Å². The number of rotatable bonds is 5. The van der Waals surface area contributed by atoms with E-state index >= 15 is 0 Å². The maximum atomic E-state index is 12.8. The Balaban J connectivity index is 2.17. The van der Waals surface area contributed by atoms with Gasteiger partial charge in [-0.25, -0.2) is 0 Å². The number of allylic oxidation sites excluding steroid dienone is 1. The molecule has 0 saturated heterocycles. The molecule has 1 aliphatic carbocycles. The molecule has 1 saturated carbocycles. The molecule has 128 valence electrons. The molecule has 0 radical (unpaired) electrons. The molecule has 4 atom stereocenters. The summed E-state index contributed by atoms with van der Waals surface area (Å²) in [6.07, 6.45) is 6.60. The van der Waals surface area contributed by atoms with Gasteiger partial charge in [0, 0.05) is 12.1 Å². The van der Waals surface area contributed by atoms with Crippen molar-refractivity contribution in [2.24, 2.45) is 17.8 Å². The van der Waals surface area contributed by atoms with Crippen LogP contribution in [-0.2, 0) is 9.09 Å². The minimum atomic E-state index is -1.88. The van der Waals surface area contributed by atoms with Gasteiger partial charge in [0.15, 0.2) is 0 Å². The maximum absolute atomic E-state index is 12.8. The van der Waals surface area contributed by atoms with Gasteiger partial charge < -0.3 is 0 Å². The predicted molar refractivity (Wildman–Crippen MR) is 99.3 cm³/mol. The molecule has 4 unspecified atom stereocenters. The van der Waals surface area contributed by atoms with Crippen molar-refractivity contribution in [1.29, 1.82) is 5.26 Å². The van der Waals surface area contributed by atoms with Crippen molar-refractivity contribution in [3.05, 3.63) is 35.4 Å². The molecule has 1 aromatic carbocycles. The Kier molecular flexibility index (Phi) is 6.72. The molecule has 1 aliphatic rings. The summed E-state index contributed by atoms with van der Waals surface area (Å²) in [6, 6.07) is 7.73. The van der Waals surface area contributed by atoms with Crippen LogP contribution in [0.5, 0.6) is 0 Å². The Morgan fingerprint density at radius 1 is 1.33 bits per heavy atom. The van der Waals surface area contributed by atoms with E-state index in [1.165, 1.54) is 12.5 Å². The zero-order chi connectivity index (χ0) is 17.7. The molecule has 0 bridgehead atoms. The molecule has 2 rings (SSSR count). The average molecular weight is 344 g/mol. The van der Waals surface area contributed by atoms with Crippen LogP contribution in [0.4, 0.5) is 0 Å². The van der Waals surface area contributed by atoms with Crippen molar-refractivity contribution in [2.45, 2.75) is 53.1 Å². The molecule has 24 heavy (non-hydrogen) atoms. The number of nitriles is 1.